The quantitative estimate of drug-likeness (QED) is 0.365. The van der Waals surface area contributed by atoms with Crippen LogP contribution >= 0.6 is 0 Å². The smallest absolute Gasteiger partial charge is 0.251 e. The molecule has 5 aliphatic carbocycles. The number of carbonyl (C=O) groups excluding carboxylic acids is 1. The third-order valence-corrected chi connectivity index (χ3v) is 14.3. The molecule has 6 rings (SSSR count). The Morgan fingerprint density at radius 1 is 0.850 bits per heavy atom. The normalized spacial score (nSPS) is 45.2. The van der Waals surface area contributed by atoms with Crippen molar-refractivity contribution in [2.24, 2.45) is 44.8 Å². The summed E-state index contributed by atoms with van der Waals surface area (Å²) in [6, 6.07) is 8.09. The van der Waals surface area contributed by atoms with E-state index in [2.05, 4.69) is 78.9 Å². The first-order chi connectivity index (χ1) is 18.6. The molecular weight excluding hydrogens is 490 g/mol. The number of hydrogen-bond donors (Lipinski definition) is 2. The van der Waals surface area contributed by atoms with Gasteiger partial charge in [-0.2, -0.15) is 0 Å². The van der Waals surface area contributed by atoms with Gasteiger partial charge in [-0.25, -0.2) is 0 Å². The number of fused-ring (bicyclic) bond motifs is 7. The summed E-state index contributed by atoms with van der Waals surface area (Å²) in [5.74, 6) is 1.72. The molecule has 0 aromatic heterocycles. The van der Waals surface area contributed by atoms with Gasteiger partial charge in [-0.05, 0) is 122 Å². The lowest BCUT2D eigenvalue weighted by atomic mass is 9.34. The molecule has 8 unspecified atom stereocenters. The van der Waals surface area contributed by atoms with E-state index in [9.17, 15) is 9.90 Å². The van der Waals surface area contributed by atoms with Crippen LogP contribution in [0.4, 0.5) is 0 Å². The van der Waals surface area contributed by atoms with Gasteiger partial charge in [-0.15, -0.1) is 0 Å². The van der Waals surface area contributed by atoms with Crippen LogP contribution in [0.2, 0.25) is 0 Å². The van der Waals surface area contributed by atoms with E-state index < -0.39 is 0 Å². The zero-order chi connectivity index (χ0) is 28.9. The van der Waals surface area contributed by atoms with Crippen LogP contribution in [0.3, 0.4) is 0 Å². The first kappa shape index (κ1) is 28.5. The highest BCUT2D eigenvalue weighted by Gasteiger charge is 2.68. The van der Waals surface area contributed by atoms with Crippen molar-refractivity contribution in [3.8, 4) is 0 Å². The average Bonchev–Trinajstić information content (AvgIpc) is 2.88. The second-order valence-electron chi connectivity index (χ2n) is 17.1. The van der Waals surface area contributed by atoms with E-state index in [1.165, 1.54) is 24.8 Å². The molecule has 4 fully saturated rings. The number of rotatable bonds is 2. The van der Waals surface area contributed by atoms with Crippen LogP contribution in [0.5, 0.6) is 0 Å². The lowest BCUT2D eigenvalue weighted by Gasteiger charge is -2.71. The van der Waals surface area contributed by atoms with Crippen LogP contribution in [-0.2, 0) is 0 Å². The molecule has 0 spiro atoms. The number of amides is 1. The summed E-state index contributed by atoms with van der Waals surface area (Å²) in [4.78, 5) is 13.7. The van der Waals surface area contributed by atoms with Gasteiger partial charge in [-0.1, -0.05) is 77.8 Å². The molecule has 2 N–H and O–H groups in total. The standard InChI is InChI=1S/C37H55NO2/c1-24-9-11-25(12-10-24)31(40)38-37-21-19-32(2,3)23-27(37)26-13-14-29-34(6)17-16-30(39)33(4,5)28(34)15-18-36(29,8)35(26,7)20-22-37/h9-13,27-30,39H,14-23H2,1-8H3,(H,38,40). The Balaban J connectivity index is 1.38. The fourth-order valence-corrected chi connectivity index (χ4v) is 11.5. The van der Waals surface area contributed by atoms with Crippen molar-refractivity contribution in [2.75, 3.05) is 0 Å². The molecule has 3 heteroatoms. The maximum atomic E-state index is 13.7. The predicted octanol–water partition coefficient (Wildman–Crippen LogP) is 8.64. The molecule has 3 nitrogen and oxygen atoms in total. The molecule has 0 bridgehead atoms. The van der Waals surface area contributed by atoms with E-state index in [1.807, 2.05) is 12.1 Å². The van der Waals surface area contributed by atoms with Gasteiger partial charge in [0.1, 0.15) is 0 Å². The lowest BCUT2D eigenvalue weighted by Crippen LogP contribution is -2.67. The molecule has 0 radical (unpaired) electrons. The van der Waals surface area contributed by atoms with Crippen LogP contribution in [0.1, 0.15) is 129 Å². The molecule has 1 aromatic rings. The minimum atomic E-state index is -0.183. The number of nitrogens with one attached hydrogen (secondary N) is 1. The Morgan fingerprint density at radius 2 is 1.52 bits per heavy atom. The van der Waals surface area contributed by atoms with E-state index in [4.69, 9.17) is 0 Å². The number of benzene rings is 1. The highest BCUT2D eigenvalue weighted by Crippen LogP contribution is 2.74. The summed E-state index contributed by atoms with van der Waals surface area (Å²) in [6.07, 6.45) is 13.8. The van der Waals surface area contributed by atoms with Gasteiger partial charge in [0.05, 0.1) is 6.10 Å². The molecule has 220 valence electrons. The molecular formula is C37H55NO2. The largest absolute Gasteiger partial charge is 0.393 e. The second-order valence-corrected chi connectivity index (χ2v) is 17.1. The number of aliphatic hydroxyl groups excluding tert-OH is 1. The fraction of sp³-hybridized carbons (Fsp3) is 0.757. The maximum absolute atomic E-state index is 13.7. The molecule has 0 aliphatic heterocycles. The Morgan fingerprint density at radius 3 is 2.23 bits per heavy atom. The SMILES string of the molecule is Cc1ccc(C(=O)NC23CCC(C)(C)CC2C2=CCC4C5(C)CCC(O)C(C)(C)C5CCC4(C)C2(C)CC3)cc1. The van der Waals surface area contributed by atoms with Gasteiger partial charge >= 0.3 is 0 Å². The molecule has 0 saturated heterocycles. The topological polar surface area (TPSA) is 49.3 Å². The second kappa shape index (κ2) is 8.95. The van der Waals surface area contributed by atoms with Crippen molar-refractivity contribution in [3.05, 3.63) is 47.0 Å². The van der Waals surface area contributed by atoms with Gasteiger partial charge in [0.15, 0.2) is 0 Å². The summed E-state index contributed by atoms with van der Waals surface area (Å²) in [7, 11) is 0. The maximum Gasteiger partial charge on any atom is 0.251 e. The molecule has 4 saturated carbocycles. The summed E-state index contributed by atoms with van der Waals surface area (Å²) in [5, 5.41) is 14.7. The molecule has 1 aromatic carbocycles. The van der Waals surface area contributed by atoms with E-state index in [0.717, 1.165) is 50.5 Å². The summed E-state index contributed by atoms with van der Waals surface area (Å²) < 4.78 is 0. The van der Waals surface area contributed by atoms with E-state index in [0.29, 0.717) is 17.8 Å². The van der Waals surface area contributed by atoms with Gasteiger partial charge in [-0.3, -0.25) is 4.79 Å². The molecule has 40 heavy (non-hydrogen) atoms. The monoisotopic (exact) mass is 545 g/mol. The highest BCUT2D eigenvalue weighted by atomic mass is 16.3. The van der Waals surface area contributed by atoms with Gasteiger partial charge < -0.3 is 10.4 Å². The minimum Gasteiger partial charge on any atom is -0.393 e. The van der Waals surface area contributed by atoms with Crippen LogP contribution in [0, 0.1) is 51.8 Å². The van der Waals surface area contributed by atoms with Crippen molar-refractivity contribution in [2.45, 2.75) is 131 Å². The number of hydrogen-bond acceptors (Lipinski definition) is 2. The fourth-order valence-electron chi connectivity index (χ4n) is 11.5. The van der Waals surface area contributed by atoms with Gasteiger partial charge in [0.2, 0.25) is 0 Å². The van der Waals surface area contributed by atoms with Crippen molar-refractivity contribution in [1.29, 1.82) is 0 Å². The van der Waals surface area contributed by atoms with E-state index in [-0.39, 0.29) is 44.6 Å². The summed E-state index contributed by atoms with van der Waals surface area (Å²) >= 11 is 0. The molecule has 0 heterocycles. The number of allylic oxidation sites excluding steroid dienone is 1. The van der Waals surface area contributed by atoms with Crippen LogP contribution in [-0.4, -0.2) is 22.7 Å². The van der Waals surface area contributed by atoms with Crippen molar-refractivity contribution in [1.82, 2.24) is 5.32 Å². The molecule has 8 atom stereocenters. The van der Waals surface area contributed by atoms with Crippen LogP contribution in [0.25, 0.3) is 0 Å². The highest BCUT2D eigenvalue weighted by molar-refractivity contribution is 5.94. The zero-order valence-electron chi connectivity index (χ0n) is 26.6. The first-order valence-corrected chi connectivity index (χ1v) is 16.4. The number of carbonyl (C=O) groups is 1. The van der Waals surface area contributed by atoms with Gasteiger partial charge in [0.25, 0.3) is 5.91 Å². The zero-order valence-corrected chi connectivity index (χ0v) is 26.6. The Bertz CT molecular complexity index is 1210. The van der Waals surface area contributed by atoms with Crippen molar-refractivity contribution >= 4 is 5.91 Å². The number of aryl methyl sites for hydroxylation is 1. The lowest BCUT2D eigenvalue weighted by molar-refractivity contribution is -0.201. The van der Waals surface area contributed by atoms with E-state index >= 15 is 0 Å². The Kier molecular flexibility index (Phi) is 6.38. The third kappa shape index (κ3) is 3.88. The van der Waals surface area contributed by atoms with Crippen LogP contribution in [0.15, 0.2) is 35.9 Å². The minimum absolute atomic E-state index is 0.0192. The first-order valence-electron chi connectivity index (χ1n) is 16.4. The molecule has 5 aliphatic rings. The van der Waals surface area contributed by atoms with Gasteiger partial charge in [0, 0.05) is 17.0 Å². The summed E-state index contributed by atoms with van der Waals surface area (Å²) in [6.45, 7) is 19.5. The third-order valence-electron chi connectivity index (χ3n) is 14.3. The Labute approximate surface area is 244 Å². The van der Waals surface area contributed by atoms with Crippen LogP contribution < -0.4 is 5.32 Å². The Hall–Kier alpha value is -1.61. The predicted molar refractivity (Wildman–Crippen MR) is 164 cm³/mol. The van der Waals surface area contributed by atoms with E-state index in [1.54, 1.807) is 5.57 Å². The average molecular weight is 546 g/mol. The molecule has 1 amide bonds. The summed E-state index contributed by atoms with van der Waals surface area (Å²) in [5.41, 5.74) is 4.43. The van der Waals surface area contributed by atoms with Crippen molar-refractivity contribution < 1.29 is 9.90 Å². The van der Waals surface area contributed by atoms with Crippen molar-refractivity contribution in [3.63, 3.8) is 0 Å². The number of aliphatic hydroxyl groups is 1.